The Morgan fingerprint density at radius 2 is 1.27 bits per heavy atom. The quantitative estimate of drug-likeness (QED) is 0.331. The van der Waals surface area contributed by atoms with Crippen molar-refractivity contribution in [1.82, 2.24) is 0 Å². The third-order valence-corrected chi connectivity index (χ3v) is 6.13. The van der Waals surface area contributed by atoms with Crippen molar-refractivity contribution >= 4 is 49.1 Å². The SMILES string of the molecule is O=C(O)Cc1ccc2ccccc2c1-c1cc2cccc3ccc4cccc1c4c32. The molecule has 0 saturated heterocycles. The fourth-order valence-electron chi connectivity index (χ4n) is 4.91. The van der Waals surface area contributed by atoms with Gasteiger partial charge in [-0.3, -0.25) is 4.79 Å². The molecule has 142 valence electrons. The van der Waals surface area contributed by atoms with Crippen LogP contribution in [0, 0.1) is 0 Å². The van der Waals surface area contributed by atoms with E-state index in [0.717, 1.165) is 27.5 Å². The van der Waals surface area contributed by atoms with E-state index in [-0.39, 0.29) is 6.42 Å². The van der Waals surface area contributed by atoms with E-state index in [0.29, 0.717) is 0 Å². The lowest BCUT2D eigenvalue weighted by atomic mass is 9.85. The molecule has 0 aliphatic heterocycles. The summed E-state index contributed by atoms with van der Waals surface area (Å²) in [4.78, 5) is 11.7. The lowest BCUT2D eigenvalue weighted by Crippen LogP contribution is -2.02. The summed E-state index contributed by atoms with van der Waals surface area (Å²) in [5.41, 5.74) is 2.96. The van der Waals surface area contributed by atoms with Crippen molar-refractivity contribution < 1.29 is 9.90 Å². The van der Waals surface area contributed by atoms with Gasteiger partial charge >= 0.3 is 5.97 Å². The van der Waals surface area contributed by atoms with E-state index in [2.05, 4.69) is 66.7 Å². The number of aliphatic carboxylic acids is 1. The van der Waals surface area contributed by atoms with Gasteiger partial charge in [-0.15, -0.1) is 0 Å². The van der Waals surface area contributed by atoms with Crippen LogP contribution in [0.5, 0.6) is 0 Å². The normalized spacial score (nSPS) is 11.7. The molecular formula is C28H18O2. The number of carboxylic acid groups (broad SMARTS) is 1. The molecule has 0 heterocycles. The van der Waals surface area contributed by atoms with Crippen LogP contribution in [0.4, 0.5) is 0 Å². The number of hydrogen-bond donors (Lipinski definition) is 1. The van der Waals surface area contributed by atoms with Crippen LogP contribution in [0.3, 0.4) is 0 Å². The molecule has 6 rings (SSSR count). The lowest BCUT2D eigenvalue weighted by Gasteiger charge is -2.18. The molecule has 1 N–H and O–H groups in total. The summed E-state index contributed by atoms with van der Waals surface area (Å²) in [5, 5.41) is 19.1. The monoisotopic (exact) mass is 386 g/mol. The maximum absolute atomic E-state index is 11.7. The maximum Gasteiger partial charge on any atom is 0.307 e. The molecule has 0 aliphatic rings. The Hall–Kier alpha value is -3.91. The standard InChI is InChI=1S/C28H18O2/c29-25(30)16-21-14-11-17-5-1-2-9-22(17)27(21)24-15-20-8-3-6-18-12-13-19-7-4-10-23(24)28(19)26(18)20/h1-15H,16H2,(H,29,30). The van der Waals surface area contributed by atoms with Crippen LogP contribution in [0.1, 0.15) is 5.56 Å². The molecule has 2 nitrogen and oxygen atoms in total. The number of hydrogen-bond acceptors (Lipinski definition) is 1. The zero-order valence-corrected chi connectivity index (χ0v) is 16.2. The fourth-order valence-corrected chi connectivity index (χ4v) is 4.91. The molecule has 0 unspecified atom stereocenters. The van der Waals surface area contributed by atoms with Gasteiger partial charge in [0.25, 0.3) is 0 Å². The first-order chi connectivity index (χ1) is 14.7. The van der Waals surface area contributed by atoms with Crippen LogP contribution < -0.4 is 0 Å². The van der Waals surface area contributed by atoms with E-state index >= 15 is 0 Å². The van der Waals surface area contributed by atoms with Gasteiger partial charge in [0.15, 0.2) is 0 Å². The van der Waals surface area contributed by atoms with Crippen molar-refractivity contribution in [3.8, 4) is 11.1 Å². The second-order valence-electron chi connectivity index (χ2n) is 7.86. The Morgan fingerprint density at radius 1 is 0.633 bits per heavy atom. The molecule has 0 atom stereocenters. The van der Waals surface area contributed by atoms with Gasteiger partial charge in [0.05, 0.1) is 6.42 Å². The van der Waals surface area contributed by atoms with Gasteiger partial charge in [0, 0.05) is 0 Å². The number of fused-ring (bicyclic) bond motifs is 1. The second kappa shape index (κ2) is 6.30. The molecule has 0 spiro atoms. The highest BCUT2D eigenvalue weighted by molar-refractivity contribution is 6.27. The number of rotatable bonds is 3. The van der Waals surface area contributed by atoms with Crippen LogP contribution in [0.2, 0.25) is 0 Å². The highest BCUT2D eigenvalue weighted by atomic mass is 16.4. The summed E-state index contributed by atoms with van der Waals surface area (Å²) in [7, 11) is 0. The van der Waals surface area contributed by atoms with Gasteiger partial charge < -0.3 is 5.11 Å². The molecular weight excluding hydrogens is 368 g/mol. The van der Waals surface area contributed by atoms with Crippen molar-refractivity contribution in [2.45, 2.75) is 6.42 Å². The minimum atomic E-state index is -0.816. The van der Waals surface area contributed by atoms with Crippen LogP contribution in [0.15, 0.2) is 91.0 Å². The first kappa shape index (κ1) is 17.0. The van der Waals surface area contributed by atoms with Gasteiger partial charge in [0.1, 0.15) is 0 Å². The zero-order chi connectivity index (χ0) is 20.2. The average molecular weight is 386 g/mol. The second-order valence-corrected chi connectivity index (χ2v) is 7.86. The van der Waals surface area contributed by atoms with Crippen LogP contribution >= 0.6 is 0 Å². The van der Waals surface area contributed by atoms with Crippen LogP contribution in [0.25, 0.3) is 54.2 Å². The lowest BCUT2D eigenvalue weighted by molar-refractivity contribution is -0.136. The van der Waals surface area contributed by atoms with Crippen LogP contribution in [-0.4, -0.2) is 11.1 Å². The van der Waals surface area contributed by atoms with E-state index < -0.39 is 5.97 Å². The maximum atomic E-state index is 11.7. The van der Waals surface area contributed by atoms with E-state index in [9.17, 15) is 9.90 Å². The molecule has 0 saturated carbocycles. The predicted octanol–water partition coefficient (Wildman–Crippen LogP) is 7.03. The molecule has 0 fully saturated rings. The first-order valence-corrected chi connectivity index (χ1v) is 10.1. The van der Waals surface area contributed by atoms with Crippen molar-refractivity contribution in [1.29, 1.82) is 0 Å². The summed E-state index contributed by atoms with van der Waals surface area (Å²) >= 11 is 0. The molecule has 0 aromatic heterocycles. The molecule has 30 heavy (non-hydrogen) atoms. The van der Waals surface area contributed by atoms with E-state index in [1.807, 2.05) is 24.3 Å². The number of carbonyl (C=O) groups is 1. The molecule has 0 radical (unpaired) electrons. The highest BCUT2D eigenvalue weighted by Gasteiger charge is 2.18. The summed E-state index contributed by atoms with van der Waals surface area (Å²) in [6, 6.07) is 31.6. The fraction of sp³-hybridized carbons (Fsp3) is 0.0357. The molecule has 6 aromatic rings. The Labute approximate surface area is 173 Å². The van der Waals surface area contributed by atoms with E-state index in [1.165, 1.54) is 32.3 Å². The smallest absolute Gasteiger partial charge is 0.307 e. The third kappa shape index (κ3) is 2.40. The number of carboxylic acids is 1. The average Bonchev–Trinajstić information content (AvgIpc) is 2.77. The minimum Gasteiger partial charge on any atom is -0.481 e. The van der Waals surface area contributed by atoms with Gasteiger partial charge in [-0.1, -0.05) is 84.9 Å². The molecule has 2 heteroatoms. The summed E-state index contributed by atoms with van der Waals surface area (Å²) in [5.74, 6) is -0.816. The minimum absolute atomic E-state index is 0.000663. The Bertz CT molecular complexity index is 1590. The van der Waals surface area contributed by atoms with Gasteiger partial charge in [-0.2, -0.15) is 0 Å². The summed E-state index contributed by atoms with van der Waals surface area (Å²) in [6.07, 6.45) is -0.000663. The van der Waals surface area contributed by atoms with Gasteiger partial charge in [0.2, 0.25) is 0 Å². The van der Waals surface area contributed by atoms with Crippen molar-refractivity contribution in [2.24, 2.45) is 0 Å². The number of benzene rings is 6. The van der Waals surface area contributed by atoms with Crippen molar-refractivity contribution in [2.75, 3.05) is 0 Å². The topological polar surface area (TPSA) is 37.3 Å². The van der Waals surface area contributed by atoms with Gasteiger partial charge in [-0.25, -0.2) is 0 Å². The van der Waals surface area contributed by atoms with E-state index in [4.69, 9.17) is 0 Å². The van der Waals surface area contributed by atoms with Gasteiger partial charge in [-0.05, 0) is 65.8 Å². The largest absolute Gasteiger partial charge is 0.481 e. The predicted molar refractivity (Wildman–Crippen MR) is 124 cm³/mol. The molecule has 0 amide bonds. The summed E-state index contributed by atoms with van der Waals surface area (Å²) in [6.45, 7) is 0. The van der Waals surface area contributed by atoms with E-state index in [1.54, 1.807) is 0 Å². The van der Waals surface area contributed by atoms with Crippen molar-refractivity contribution in [3.05, 3.63) is 96.6 Å². The molecule has 0 bridgehead atoms. The Morgan fingerprint density at radius 3 is 2.10 bits per heavy atom. The Balaban J connectivity index is 1.84. The zero-order valence-electron chi connectivity index (χ0n) is 16.2. The van der Waals surface area contributed by atoms with Crippen LogP contribution in [-0.2, 0) is 11.2 Å². The first-order valence-electron chi connectivity index (χ1n) is 10.1. The summed E-state index contributed by atoms with van der Waals surface area (Å²) < 4.78 is 0. The third-order valence-electron chi connectivity index (χ3n) is 6.13. The molecule has 6 aromatic carbocycles. The Kier molecular flexibility index (Phi) is 3.57. The highest BCUT2D eigenvalue weighted by Crippen LogP contribution is 2.43. The molecule has 0 aliphatic carbocycles. The van der Waals surface area contributed by atoms with Crippen molar-refractivity contribution in [3.63, 3.8) is 0 Å².